The minimum Gasteiger partial charge on any atom is -0.448 e. The zero-order chi connectivity index (χ0) is 16.6. The number of hydrogen-bond donors (Lipinski definition) is 1. The average Bonchev–Trinajstić information content (AvgIpc) is 2.50. The number of esters is 1. The maximum absolute atomic E-state index is 13.3. The van der Waals surface area contributed by atoms with Crippen molar-refractivity contribution in [1.82, 2.24) is 0 Å². The molecule has 23 heavy (non-hydrogen) atoms. The molecule has 4 nitrogen and oxygen atoms in total. The first-order valence-corrected chi connectivity index (χ1v) is 7.31. The van der Waals surface area contributed by atoms with E-state index in [0.29, 0.717) is 16.8 Å². The number of fused-ring (bicyclic) bond motifs is 1. The SMILES string of the molecule is Cc1ccc(NC(=O)C2Cc3cc(F)ccc3C(=O)O2)cc1C. The molecule has 1 N–H and O–H groups in total. The van der Waals surface area contributed by atoms with E-state index >= 15 is 0 Å². The highest BCUT2D eigenvalue weighted by molar-refractivity contribution is 6.00. The lowest BCUT2D eigenvalue weighted by Crippen LogP contribution is -2.38. The number of rotatable bonds is 2. The molecule has 1 amide bonds. The first-order valence-electron chi connectivity index (χ1n) is 7.31. The number of nitrogens with one attached hydrogen (secondary N) is 1. The van der Waals surface area contributed by atoms with Gasteiger partial charge in [-0.15, -0.1) is 0 Å². The fourth-order valence-electron chi connectivity index (χ4n) is 2.55. The molecule has 0 bridgehead atoms. The van der Waals surface area contributed by atoms with E-state index in [1.165, 1.54) is 18.2 Å². The third-order valence-corrected chi connectivity index (χ3v) is 4.01. The molecule has 1 unspecified atom stereocenters. The second-order valence-corrected chi connectivity index (χ2v) is 5.69. The second-order valence-electron chi connectivity index (χ2n) is 5.69. The summed E-state index contributed by atoms with van der Waals surface area (Å²) in [7, 11) is 0. The molecule has 0 radical (unpaired) electrons. The van der Waals surface area contributed by atoms with Crippen molar-refractivity contribution in [3.05, 3.63) is 64.5 Å². The van der Waals surface area contributed by atoms with Crippen molar-refractivity contribution in [2.24, 2.45) is 0 Å². The lowest BCUT2D eigenvalue weighted by molar-refractivity contribution is -0.125. The molecule has 118 valence electrons. The van der Waals surface area contributed by atoms with Crippen molar-refractivity contribution in [3.63, 3.8) is 0 Å². The lowest BCUT2D eigenvalue weighted by Gasteiger charge is -2.24. The summed E-state index contributed by atoms with van der Waals surface area (Å²) >= 11 is 0. The number of anilines is 1. The van der Waals surface area contributed by atoms with Gasteiger partial charge in [-0.25, -0.2) is 9.18 Å². The summed E-state index contributed by atoms with van der Waals surface area (Å²) in [5.41, 5.74) is 3.61. The molecule has 0 saturated carbocycles. The van der Waals surface area contributed by atoms with Gasteiger partial charge in [0.05, 0.1) is 5.56 Å². The van der Waals surface area contributed by atoms with Gasteiger partial charge >= 0.3 is 5.97 Å². The zero-order valence-electron chi connectivity index (χ0n) is 12.9. The molecular formula is C18H16FNO3. The summed E-state index contributed by atoms with van der Waals surface area (Å²) in [6.45, 7) is 3.93. The van der Waals surface area contributed by atoms with Gasteiger partial charge in [-0.3, -0.25) is 4.79 Å². The predicted molar refractivity (Wildman–Crippen MR) is 83.9 cm³/mol. The zero-order valence-corrected chi connectivity index (χ0v) is 12.9. The van der Waals surface area contributed by atoms with Gasteiger partial charge in [0.1, 0.15) is 5.82 Å². The summed E-state index contributed by atoms with van der Waals surface area (Å²) < 4.78 is 18.5. The fourth-order valence-corrected chi connectivity index (χ4v) is 2.55. The van der Waals surface area contributed by atoms with Gasteiger partial charge in [-0.2, -0.15) is 0 Å². The topological polar surface area (TPSA) is 55.4 Å². The number of ether oxygens (including phenoxy) is 1. The van der Waals surface area contributed by atoms with Crippen LogP contribution < -0.4 is 5.32 Å². The molecule has 0 saturated heterocycles. The Morgan fingerprint density at radius 2 is 1.96 bits per heavy atom. The van der Waals surface area contributed by atoms with E-state index in [1.54, 1.807) is 6.07 Å². The van der Waals surface area contributed by atoms with E-state index in [-0.39, 0.29) is 6.42 Å². The Hall–Kier alpha value is -2.69. The van der Waals surface area contributed by atoms with Crippen LogP contribution in [0.5, 0.6) is 0 Å². The van der Waals surface area contributed by atoms with E-state index in [4.69, 9.17) is 4.74 Å². The number of cyclic esters (lactones) is 1. The summed E-state index contributed by atoms with van der Waals surface area (Å²) in [5, 5.41) is 2.74. The van der Waals surface area contributed by atoms with E-state index in [2.05, 4.69) is 5.32 Å². The third kappa shape index (κ3) is 3.08. The summed E-state index contributed by atoms with van der Waals surface area (Å²) in [6.07, 6.45) is -0.798. The van der Waals surface area contributed by atoms with Crippen molar-refractivity contribution >= 4 is 17.6 Å². The van der Waals surface area contributed by atoms with E-state index in [9.17, 15) is 14.0 Å². The van der Waals surface area contributed by atoms with Crippen LogP contribution in [-0.2, 0) is 16.0 Å². The Morgan fingerprint density at radius 3 is 2.70 bits per heavy atom. The maximum atomic E-state index is 13.3. The van der Waals surface area contributed by atoms with Crippen LogP contribution in [0.15, 0.2) is 36.4 Å². The highest BCUT2D eigenvalue weighted by Crippen LogP contribution is 2.23. The minimum atomic E-state index is -0.960. The number of halogens is 1. The molecular weight excluding hydrogens is 297 g/mol. The largest absolute Gasteiger partial charge is 0.448 e. The number of hydrogen-bond acceptors (Lipinski definition) is 3. The number of benzene rings is 2. The highest BCUT2D eigenvalue weighted by Gasteiger charge is 2.31. The third-order valence-electron chi connectivity index (χ3n) is 4.01. The molecule has 0 aliphatic carbocycles. The predicted octanol–water partition coefficient (Wildman–Crippen LogP) is 3.16. The van der Waals surface area contributed by atoms with Crippen LogP contribution in [-0.4, -0.2) is 18.0 Å². The molecule has 1 atom stereocenters. The van der Waals surface area contributed by atoms with Crippen molar-refractivity contribution in [1.29, 1.82) is 0 Å². The fraction of sp³-hybridized carbons (Fsp3) is 0.222. The Bertz CT molecular complexity index is 801. The van der Waals surface area contributed by atoms with Gasteiger partial charge in [0.15, 0.2) is 6.10 Å². The standard InChI is InChI=1S/C18H16FNO3/c1-10-3-5-14(7-11(10)2)20-17(21)16-9-12-8-13(19)4-6-15(12)18(22)23-16/h3-8,16H,9H2,1-2H3,(H,20,21). The Kier molecular flexibility index (Phi) is 3.86. The molecule has 0 spiro atoms. The maximum Gasteiger partial charge on any atom is 0.339 e. The monoisotopic (exact) mass is 313 g/mol. The van der Waals surface area contributed by atoms with Crippen molar-refractivity contribution < 1.29 is 18.7 Å². The molecule has 3 rings (SSSR count). The number of carbonyl (C=O) groups excluding carboxylic acids is 2. The Balaban J connectivity index is 1.78. The van der Waals surface area contributed by atoms with Crippen LogP contribution in [0.1, 0.15) is 27.0 Å². The first-order chi connectivity index (χ1) is 10.9. The molecule has 1 aliphatic rings. The Labute approximate surface area is 133 Å². The smallest absolute Gasteiger partial charge is 0.339 e. The van der Waals surface area contributed by atoms with Crippen LogP contribution in [0.25, 0.3) is 0 Å². The van der Waals surface area contributed by atoms with Crippen LogP contribution in [0, 0.1) is 19.7 Å². The molecule has 2 aromatic carbocycles. The molecule has 2 aromatic rings. The number of carbonyl (C=O) groups is 2. The van der Waals surface area contributed by atoms with Crippen LogP contribution in [0.4, 0.5) is 10.1 Å². The van der Waals surface area contributed by atoms with Gasteiger partial charge < -0.3 is 10.1 Å². The van der Waals surface area contributed by atoms with Gasteiger partial charge in [0, 0.05) is 12.1 Å². The van der Waals surface area contributed by atoms with Crippen LogP contribution in [0.2, 0.25) is 0 Å². The highest BCUT2D eigenvalue weighted by atomic mass is 19.1. The van der Waals surface area contributed by atoms with E-state index in [1.807, 2.05) is 26.0 Å². The molecule has 1 heterocycles. The van der Waals surface area contributed by atoms with Gasteiger partial charge in [-0.05, 0) is 60.9 Å². The summed E-state index contributed by atoms with van der Waals surface area (Å²) in [6, 6.07) is 9.40. The summed E-state index contributed by atoms with van der Waals surface area (Å²) in [5.74, 6) is -1.46. The van der Waals surface area contributed by atoms with Crippen molar-refractivity contribution in [2.45, 2.75) is 26.4 Å². The number of aryl methyl sites for hydroxylation is 2. The molecule has 0 fully saturated rings. The van der Waals surface area contributed by atoms with Gasteiger partial charge in [0.25, 0.3) is 5.91 Å². The van der Waals surface area contributed by atoms with Gasteiger partial charge in [-0.1, -0.05) is 6.07 Å². The first kappa shape index (κ1) is 15.2. The quantitative estimate of drug-likeness (QED) is 0.867. The van der Waals surface area contributed by atoms with Gasteiger partial charge in [0.2, 0.25) is 0 Å². The van der Waals surface area contributed by atoms with E-state index in [0.717, 1.165) is 11.1 Å². The van der Waals surface area contributed by atoms with Crippen molar-refractivity contribution in [3.8, 4) is 0 Å². The van der Waals surface area contributed by atoms with E-state index < -0.39 is 23.8 Å². The molecule has 0 aromatic heterocycles. The second kappa shape index (κ2) is 5.83. The normalized spacial score (nSPS) is 16.5. The summed E-state index contributed by atoms with van der Waals surface area (Å²) in [4.78, 5) is 24.3. The minimum absolute atomic E-state index is 0.162. The van der Waals surface area contributed by atoms with Crippen LogP contribution >= 0.6 is 0 Å². The Morgan fingerprint density at radius 1 is 1.17 bits per heavy atom. The van der Waals surface area contributed by atoms with Crippen LogP contribution in [0.3, 0.4) is 0 Å². The number of amides is 1. The molecule has 1 aliphatic heterocycles. The average molecular weight is 313 g/mol. The molecule has 5 heteroatoms. The lowest BCUT2D eigenvalue weighted by atomic mass is 9.98. The van der Waals surface area contributed by atoms with Crippen molar-refractivity contribution in [2.75, 3.05) is 5.32 Å².